The molecule has 0 aliphatic heterocycles. The highest BCUT2D eigenvalue weighted by Crippen LogP contribution is 2.31. The summed E-state index contributed by atoms with van der Waals surface area (Å²) in [6, 6.07) is 5.53. The summed E-state index contributed by atoms with van der Waals surface area (Å²) >= 11 is 0. The van der Waals surface area contributed by atoms with Crippen LogP contribution in [0.3, 0.4) is 0 Å². The molecule has 1 aliphatic rings. The number of nitrogens with one attached hydrogen (secondary N) is 1. The highest BCUT2D eigenvalue weighted by molar-refractivity contribution is 5.89. The van der Waals surface area contributed by atoms with E-state index in [-0.39, 0.29) is 18.7 Å². The summed E-state index contributed by atoms with van der Waals surface area (Å²) in [6.45, 7) is 0. The first kappa shape index (κ1) is 15.6. The summed E-state index contributed by atoms with van der Waals surface area (Å²) in [7, 11) is 0. The Morgan fingerprint density at radius 1 is 1.26 bits per heavy atom. The van der Waals surface area contributed by atoms with Gasteiger partial charge < -0.3 is 5.32 Å². The van der Waals surface area contributed by atoms with Gasteiger partial charge in [-0.05, 0) is 30.9 Å². The van der Waals surface area contributed by atoms with Crippen LogP contribution in [0.5, 0.6) is 0 Å². The summed E-state index contributed by atoms with van der Waals surface area (Å²) in [4.78, 5) is 12.1. The maximum absolute atomic E-state index is 13.6. The van der Waals surface area contributed by atoms with Gasteiger partial charge in [0.15, 0.2) is 0 Å². The lowest BCUT2D eigenvalue weighted by atomic mass is 10.1. The molecular weight excluding hydrogens is 300 g/mol. The van der Waals surface area contributed by atoms with Crippen LogP contribution in [-0.4, -0.2) is 15.7 Å². The third-order valence-corrected chi connectivity index (χ3v) is 4.24. The van der Waals surface area contributed by atoms with Crippen molar-refractivity contribution in [3.63, 3.8) is 0 Å². The minimum absolute atomic E-state index is 0.137. The molecule has 1 aromatic carbocycles. The van der Waals surface area contributed by atoms with Gasteiger partial charge in [0.05, 0.1) is 12.2 Å². The number of halogens is 2. The van der Waals surface area contributed by atoms with Crippen molar-refractivity contribution in [1.82, 2.24) is 9.78 Å². The molecule has 1 aliphatic carbocycles. The molecule has 4 nitrogen and oxygen atoms in total. The van der Waals surface area contributed by atoms with E-state index in [0.717, 1.165) is 18.9 Å². The van der Waals surface area contributed by atoms with E-state index in [1.54, 1.807) is 12.3 Å². The van der Waals surface area contributed by atoms with Crippen molar-refractivity contribution in [2.45, 2.75) is 44.6 Å². The predicted molar refractivity (Wildman–Crippen MR) is 83.0 cm³/mol. The van der Waals surface area contributed by atoms with Crippen molar-refractivity contribution in [3.05, 3.63) is 47.7 Å². The number of carbonyl (C=O) groups is 1. The van der Waals surface area contributed by atoms with E-state index in [9.17, 15) is 13.6 Å². The van der Waals surface area contributed by atoms with Crippen LogP contribution < -0.4 is 5.32 Å². The zero-order valence-electron chi connectivity index (χ0n) is 12.8. The number of carbonyl (C=O) groups excluding carboxylic acids is 1. The van der Waals surface area contributed by atoms with Crippen molar-refractivity contribution >= 4 is 11.7 Å². The third kappa shape index (κ3) is 3.75. The van der Waals surface area contributed by atoms with Crippen LogP contribution in [0.25, 0.3) is 0 Å². The summed E-state index contributed by atoms with van der Waals surface area (Å²) < 4.78 is 28.3. The first-order valence-corrected chi connectivity index (χ1v) is 7.91. The number of hydrogen-bond donors (Lipinski definition) is 1. The van der Waals surface area contributed by atoms with Gasteiger partial charge in [0.1, 0.15) is 17.5 Å². The van der Waals surface area contributed by atoms with Gasteiger partial charge in [0.2, 0.25) is 5.91 Å². The molecule has 0 bridgehead atoms. The van der Waals surface area contributed by atoms with Gasteiger partial charge in [-0.15, -0.1) is 0 Å². The van der Waals surface area contributed by atoms with Crippen LogP contribution in [0.15, 0.2) is 30.5 Å². The summed E-state index contributed by atoms with van der Waals surface area (Å²) in [5.74, 6) is -0.750. The minimum Gasteiger partial charge on any atom is -0.311 e. The Hall–Kier alpha value is -2.24. The number of benzene rings is 1. The highest BCUT2D eigenvalue weighted by Gasteiger charge is 2.20. The third-order valence-electron chi connectivity index (χ3n) is 4.24. The Morgan fingerprint density at radius 3 is 2.78 bits per heavy atom. The molecule has 1 heterocycles. The van der Waals surface area contributed by atoms with Crippen LogP contribution in [-0.2, 0) is 11.2 Å². The molecule has 122 valence electrons. The van der Waals surface area contributed by atoms with Gasteiger partial charge in [-0.2, -0.15) is 5.10 Å². The molecule has 0 unspecified atom stereocenters. The Balaban J connectivity index is 1.58. The number of aryl methyl sites for hydroxylation is 1. The van der Waals surface area contributed by atoms with E-state index >= 15 is 0 Å². The lowest BCUT2D eigenvalue weighted by molar-refractivity contribution is -0.116. The molecule has 1 saturated carbocycles. The number of nitrogens with zero attached hydrogens (tertiary/aromatic N) is 2. The predicted octanol–water partition coefficient (Wildman–Crippen LogP) is 3.85. The lowest BCUT2D eigenvalue weighted by Gasteiger charge is -2.14. The molecule has 3 rings (SSSR count). The number of hydrogen-bond acceptors (Lipinski definition) is 2. The van der Waals surface area contributed by atoms with E-state index < -0.39 is 11.6 Å². The molecule has 0 atom stereocenters. The largest absolute Gasteiger partial charge is 0.311 e. The molecule has 0 radical (unpaired) electrons. The quantitative estimate of drug-likeness (QED) is 0.910. The second-order valence-corrected chi connectivity index (χ2v) is 5.88. The Morgan fingerprint density at radius 2 is 2.04 bits per heavy atom. The smallest absolute Gasteiger partial charge is 0.225 e. The SMILES string of the molecule is O=C(CCc1ccc(F)cc1F)Nc1ccnn1C1CCCC1. The fourth-order valence-electron chi connectivity index (χ4n) is 3.03. The minimum atomic E-state index is -0.617. The maximum atomic E-state index is 13.6. The molecule has 0 saturated heterocycles. The summed E-state index contributed by atoms with van der Waals surface area (Å²) in [5.41, 5.74) is 0.339. The number of anilines is 1. The molecule has 1 N–H and O–H groups in total. The molecular formula is C17H19F2N3O. The molecule has 0 spiro atoms. The highest BCUT2D eigenvalue weighted by atomic mass is 19.1. The molecule has 6 heteroatoms. The standard InChI is InChI=1S/C17H19F2N3O/c18-13-7-5-12(15(19)11-13)6-8-17(23)21-16-9-10-20-22(16)14-3-1-2-4-14/h5,7,9-11,14H,1-4,6,8H2,(H,21,23). The van der Waals surface area contributed by atoms with Crippen molar-refractivity contribution in [3.8, 4) is 0 Å². The van der Waals surface area contributed by atoms with E-state index in [1.807, 2.05) is 4.68 Å². The molecule has 2 aromatic rings. The topological polar surface area (TPSA) is 46.9 Å². The van der Waals surface area contributed by atoms with Crippen molar-refractivity contribution in [1.29, 1.82) is 0 Å². The first-order valence-electron chi connectivity index (χ1n) is 7.91. The van der Waals surface area contributed by atoms with Crippen LogP contribution in [0.4, 0.5) is 14.6 Å². The van der Waals surface area contributed by atoms with E-state index in [1.165, 1.54) is 25.0 Å². The van der Waals surface area contributed by atoms with E-state index in [2.05, 4.69) is 10.4 Å². The molecule has 1 aromatic heterocycles. The monoisotopic (exact) mass is 319 g/mol. The van der Waals surface area contributed by atoms with Gasteiger partial charge >= 0.3 is 0 Å². The van der Waals surface area contributed by atoms with Crippen LogP contribution >= 0.6 is 0 Å². The van der Waals surface area contributed by atoms with Crippen LogP contribution in [0.1, 0.15) is 43.7 Å². The fourth-order valence-corrected chi connectivity index (χ4v) is 3.03. The van der Waals surface area contributed by atoms with Gasteiger partial charge in [0, 0.05) is 18.6 Å². The zero-order chi connectivity index (χ0) is 16.2. The fraction of sp³-hybridized carbons (Fsp3) is 0.412. The lowest BCUT2D eigenvalue weighted by Crippen LogP contribution is -2.18. The second-order valence-electron chi connectivity index (χ2n) is 5.88. The molecule has 1 fully saturated rings. The average Bonchev–Trinajstić information content (AvgIpc) is 3.17. The number of amides is 1. The Bertz CT molecular complexity index is 693. The van der Waals surface area contributed by atoms with Crippen LogP contribution in [0, 0.1) is 11.6 Å². The maximum Gasteiger partial charge on any atom is 0.225 e. The van der Waals surface area contributed by atoms with Crippen LogP contribution in [0.2, 0.25) is 0 Å². The van der Waals surface area contributed by atoms with Gasteiger partial charge in [0.25, 0.3) is 0 Å². The van der Waals surface area contributed by atoms with Crippen molar-refractivity contribution < 1.29 is 13.6 Å². The average molecular weight is 319 g/mol. The van der Waals surface area contributed by atoms with Gasteiger partial charge in [-0.3, -0.25) is 4.79 Å². The Kier molecular flexibility index (Phi) is 4.69. The zero-order valence-corrected chi connectivity index (χ0v) is 12.8. The normalized spacial score (nSPS) is 15.0. The van der Waals surface area contributed by atoms with Crippen molar-refractivity contribution in [2.24, 2.45) is 0 Å². The van der Waals surface area contributed by atoms with E-state index in [4.69, 9.17) is 0 Å². The van der Waals surface area contributed by atoms with Crippen molar-refractivity contribution in [2.75, 3.05) is 5.32 Å². The summed E-state index contributed by atoms with van der Waals surface area (Å²) in [5, 5.41) is 7.13. The molecule has 23 heavy (non-hydrogen) atoms. The summed E-state index contributed by atoms with van der Waals surface area (Å²) in [6.07, 6.45) is 6.56. The Labute approximate surface area is 133 Å². The second kappa shape index (κ2) is 6.89. The number of rotatable bonds is 5. The van der Waals surface area contributed by atoms with Gasteiger partial charge in [-0.1, -0.05) is 18.9 Å². The van der Waals surface area contributed by atoms with E-state index in [0.29, 0.717) is 17.4 Å². The van der Waals surface area contributed by atoms with Gasteiger partial charge in [-0.25, -0.2) is 13.5 Å². The first-order chi connectivity index (χ1) is 11.1. The molecule has 1 amide bonds. The number of aromatic nitrogens is 2.